The number of halogens is 4. The highest BCUT2D eigenvalue weighted by Crippen LogP contribution is 2.20. The Bertz CT molecular complexity index is 462. The first-order valence-electron chi connectivity index (χ1n) is 5.46. The number of rotatable bonds is 4. The molecule has 0 aliphatic heterocycles. The van der Waals surface area contributed by atoms with Crippen molar-refractivity contribution in [3.63, 3.8) is 0 Å². The first kappa shape index (κ1) is 15.2. The maximum Gasteiger partial charge on any atom is 0.406 e. The number of amides is 1. The van der Waals surface area contributed by atoms with Gasteiger partial charge in [-0.15, -0.1) is 0 Å². The number of hydrogen-bond acceptors (Lipinski definition) is 3. The SMILES string of the molecule is CCNc1ncc(F)cc1C(=O)N(C)CC(F)(F)F. The monoisotopic (exact) mass is 279 g/mol. The average Bonchev–Trinajstić information content (AvgIpc) is 2.28. The van der Waals surface area contributed by atoms with Crippen LogP contribution in [-0.4, -0.2) is 42.1 Å². The fourth-order valence-electron chi connectivity index (χ4n) is 1.46. The molecule has 0 aliphatic rings. The van der Waals surface area contributed by atoms with Gasteiger partial charge in [0.25, 0.3) is 5.91 Å². The van der Waals surface area contributed by atoms with Crippen molar-refractivity contribution in [3.8, 4) is 0 Å². The van der Waals surface area contributed by atoms with E-state index in [1.54, 1.807) is 6.92 Å². The Hall–Kier alpha value is -1.86. The number of nitrogens with zero attached hydrogens (tertiary/aromatic N) is 2. The molecule has 1 amide bonds. The number of carbonyl (C=O) groups is 1. The smallest absolute Gasteiger partial charge is 0.370 e. The molecule has 4 nitrogen and oxygen atoms in total. The van der Waals surface area contributed by atoms with Gasteiger partial charge in [-0.05, 0) is 13.0 Å². The van der Waals surface area contributed by atoms with Gasteiger partial charge >= 0.3 is 6.18 Å². The Morgan fingerprint density at radius 2 is 2.11 bits per heavy atom. The van der Waals surface area contributed by atoms with E-state index >= 15 is 0 Å². The summed E-state index contributed by atoms with van der Waals surface area (Å²) in [4.78, 5) is 16.0. The van der Waals surface area contributed by atoms with Crippen LogP contribution in [0.4, 0.5) is 23.4 Å². The lowest BCUT2D eigenvalue weighted by Crippen LogP contribution is -2.36. The van der Waals surface area contributed by atoms with Crippen LogP contribution in [0.25, 0.3) is 0 Å². The lowest BCUT2D eigenvalue weighted by atomic mass is 10.2. The summed E-state index contributed by atoms with van der Waals surface area (Å²) < 4.78 is 49.7. The van der Waals surface area contributed by atoms with Crippen molar-refractivity contribution in [2.75, 3.05) is 25.5 Å². The zero-order valence-corrected chi connectivity index (χ0v) is 10.4. The minimum Gasteiger partial charge on any atom is -0.370 e. The first-order chi connectivity index (χ1) is 8.74. The van der Waals surface area contributed by atoms with Crippen LogP contribution in [0.2, 0.25) is 0 Å². The summed E-state index contributed by atoms with van der Waals surface area (Å²) in [7, 11) is 0.996. The molecule has 1 aromatic heterocycles. The van der Waals surface area contributed by atoms with E-state index in [1.165, 1.54) is 0 Å². The van der Waals surface area contributed by atoms with Gasteiger partial charge in [-0.2, -0.15) is 13.2 Å². The number of nitrogens with one attached hydrogen (secondary N) is 1. The van der Waals surface area contributed by atoms with E-state index in [-0.39, 0.29) is 11.4 Å². The molecule has 1 rings (SSSR count). The Kier molecular flexibility index (Phi) is 4.68. The Balaban J connectivity index is 3.00. The minimum absolute atomic E-state index is 0.0583. The van der Waals surface area contributed by atoms with Crippen LogP contribution in [0.15, 0.2) is 12.3 Å². The number of aromatic nitrogens is 1. The van der Waals surface area contributed by atoms with Crippen LogP contribution >= 0.6 is 0 Å². The molecule has 1 heterocycles. The second-order valence-electron chi connectivity index (χ2n) is 3.86. The van der Waals surface area contributed by atoms with E-state index in [2.05, 4.69) is 10.3 Å². The van der Waals surface area contributed by atoms with Crippen LogP contribution in [0.1, 0.15) is 17.3 Å². The quantitative estimate of drug-likeness (QED) is 0.860. The number of alkyl halides is 3. The molecule has 0 fully saturated rings. The standard InChI is InChI=1S/C11H13F4N3O/c1-3-16-9-8(4-7(12)5-17-9)10(19)18(2)6-11(13,14)15/h4-5H,3,6H2,1-2H3,(H,16,17). The molecular formula is C11H13F4N3O. The van der Waals surface area contributed by atoms with Gasteiger partial charge in [0.1, 0.15) is 18.2 Å². The molecule has 0 aromatic carbocycles. The van der Waals surface area contributed by atoms with Gasteiger partial charge < -0.3 is 10.2 Å². The van der Waals surface area contributed by atoms with Crippen molar-refractivity contribution in [2.24, 2.45) is 0 Å². The molecule has 0 spiro atoms. The topological polar surface area (TPSA) is 45.2 Å². The molecule has 0 bridgehead atoms. The van der Waals surface area contributed by atoms with E-state index < -0.39 is 24.4 Å². The van der Waals surface area contributed by atoms with Crippen molar-refractivity contribution in [2.45, 2.75) is 13.1 Å². The van der Waals surface area contributed by atoms with Gasteiger partial charge in [0.15, 0.2) is 0 Å². The molecule has 1 aromatic rings. The normalized spacial score (nSPS) is 11.3. The summed E-state index contributed by atoms with van der Waals surface area (Å²) in [5, 5.41) is 2.70. The van der Waals surface area contributed by atoms with E-state index in [9.17, 15) is 22.4 Å². The maximum atomic E-state index is 13.1. The predicted octanol–water partition coefficient (Wildman–Crippen LogP) is 2.29. The summed E-state index contributed by atoms with van der Waals surface area (Å²) in [5.41, 5.74) is -0.228. The Morgan fingerprint density at radius 3 is 2.63 bits per heavy atom. The van der Waals surface area contributed by atoms with Crippen LogP contribution in [0.3, 0.4) is 0 Å². The zero-order chi connectivity index (χ0) is 14.6. The van der Waals surface area contributed by atoms with Gasteiger partial charge in [0.2, 0.25) is 0 Å². The van der Waals surface area contributed by atoms with Gasteiger partial charge in [0, 0.05) is 13.6 Å². The summed E-state index contributed by atoms with van der Waals surface area (Å²) in [6.07, 6.45) is -3.62. The molecule has 0 unspecified atom stereocenters. The lowest BCUT2D eigenvalue weighted by Gasteiger charge is -2.20. The number of carbonyl (C=O) groups excluding carboxylic acids is 1. The number of hydrogen-bond donors (Lipinski definition) is 1. The summed E-state index contributed by atoms with van der Waals surface area (Å²) in [5.74, 6) is -1.67. The first-order valence-corrected chi connectivity index (χ1v) is 5.46. The second kappa shape index (κ2) is 5.85. The zero-order valence-electron chi connectivity index (χ0n) is 10.4. The summed E-state index contributed by atoms with van der Waals surface area (Å²) >= 11 is 0. The van der Waals surface area contributed by atoms with Gasteiger partial charge in [-0.1, -0.05) is 0 Å². The number of anilines is 1. The Labute approximate surface area is 107 Å². The number of pyridine rings is 1. The molecular weight excluding hydrogens is 266 g/mol. The fraction of sp³-hybridized carbons (Fsp3) is 0.455. The van der Waals surface area contributed by atoms with E-state index in [0.717, 1.165) is 19.3 Å². The van der Waals surface area contributed by atoms with Crippen molar-refractivity contribution in [3.05, 3.63) is 23.6 Å². The van der Waals surface area contributed by atoms with Crippen molar-refractivity contribution < 1.29 is 22.4 Å². The van der Waals surface area contributed by atoms with E-state index in [1.807, 2.05) is 0 Å². The van der Waals surface area contributed by atoms with Crippen LogP contribution in [-0.2, 0) is 0 Å². The molecule has 0 saturated heterocycles. The van der Waals surface area contributed by atoms with Crippen LogP contribution in [0, 0.1) is 5.82 Å². The second-order valence-corrected chi connectivity index (χ2v) is 3.86. The van der Waals surface area contributed by atoms with Crippen molar-refractivity contribution >= 4 is 11.7 Å². The third-order valence-corrected chi connectivity index (χ3v) is 2.19. The summed E-state index contributed by atoms with van der Waals surface area (Å²) in [6.45, 7) is 0.717. The van der Waals surface area contributed by atoms with Crippen LogP contribution < -0.4 is 5.32 Å². The van der Waals surface area contributed by atoms with E-state index in [4.69, 9.17) is 0 Å². The highest BCUT2D eigenvalue weighted by Gasteiger charge is 2.32. The van der Waals surface area contributed by atoms with Gasteiger partial charge in [-0.3, -0.25) is 4.79 Å². The lowest BCUT2D eigenvalue weighted by molar-refractivity contribution is -0.138. The third kappa shape index (κ3) is 4.38. The molecule has 0 atom stereocenters. The molecule has 106 valence electrons. The highest BCUT2D eigenvalue weighted by molar-refractivity contribution is 5.98. The molecule has 1 N–H and O–H groups in total. The van der Waals surface area contributed by atoms with Crippen LogP contribution in [0.5, 0.6) is 0 Å². The molecule has 0 radical (unpaired) electrons. The van der Waals surface area contributed by atoms with Gasteiger partial charge in [0.05, 0.1) is 11.8 Å². The molecule has 0 aliphatic carbocycles. The molecule has 19 heavy (non-hydrogen) atoms. The van der Waals surface area contributed by atoms with E-state index in [0.29, 0.717) is 11.4 Å². The van der Waals surface area contributed by atoms with Crippen molar-refractivity contribution in [1.29, 1.82) is 0 Å². The van der Waals surface area contributed by atoms with Crippen molar-refractivity contribution in [1.82, 2.24) is 9.88 Å². The average molecular weight is 279 g/mol. The van der Waals surface area contributed by atoms with Gasteiger partial charge in [-0.25, -0.2) is 9.37 Å². The minimum atomic E-state index is -4.51. The fourth-order valence-corrected chi connectivity index (χ4v) is 1.46. The maximum absolute atomic E-state index is 13.1. The Morgan fingerprint density at radius 1 is 1.47 bits per heavy atom. The molecule has 8 heteroatoms. The highest BCUT2D eigenvalue weighted by atomic mass is 19.4. The largest absolute Gasteiger partial charge is 0.406 e. The molecule has 0 saturated carbocycles. The predicted molar refractivity (Wildman–Crippen MR) is 61.4 cm³/mol. The third-order valence-electron chi connectivity index (χ3n) is 2.19. The summed E-state index contributed by atoms with van der Waals surface area (Å²) in [6, 6.07) is 0.861.